The van der Waals surface area contributed by atoms with Crippen molar-refractivity contribution in [3.05, 3.63) is 77.7 Å². The Morgan fingerprint density at radius 3 is 2.50 bits per heavy atom. The van der Waals surface area contributed by atoms with Crippen LogP contribution in [0.15, 0.2) is 60.8 Å². The molecule has 1 aliphatic rings. The summed E-state index contributed by atoms with van der Waals surface area (Å²) in [5.41, 5.74) is 1.01. The van der Waals surface area contributed by atoms with Crippen LogP contribution in [0.1, 0.15) is 41.6 Å². The standard InChI is InChI=1S/C24H22FN5O2/c25-20-7-3-4-8-21(20)30-14-13-22(29-30)28-23(31)16-9-11-18(12-10-16)27-24(32)19-6-2-1-5-17(19)15-26/h1-8,13-14,16,18H,9-12H2,(H,27,32)(H,28,29,31)/t16-,18+. The van der Waals surface area contributed by atoms with E-state index in [1.807, 2.05) is 6.07 Å². The molecule has 32 heavy (non-hydrogen) atoms. The number of carbonyl (C=O) groups excluding carboxylic acids is 2. The van der Waals surface area contributed by atoms with E-state index in [4.69, 9.17) is 0 Å². The van der Waals surface area contributed by atoms with Gasteiger partial charge in [0.15, 0.2) is 5.82 Å². The molecular formula is C24H22FN5O2. The summed E-state index contributed by atoms with van der Waals surface area (Å²) in [6.07, 6.45) is 4.19. The Labute approximate surface area is 184 Å². The van der Waals surface area contributed by atoms with E-state index in [9.17, 15) is 19.2 Å². The van der Waals surface area contributed by atoms with E-state index in [1.54, 1.807) is 54.7 Å². The topological polar surface area (TPSA) is 99.8 Å². The van der Waals surface area contributed by atoms with E-state index in [2.05, 4.69) is 15.7 Å². The fraction of sp³-hybridized carbons (Fsp3) is 0.250. The molecule has 0 saturated heterocycles. The van der Waals surface area contributed by atoms with Crippen molar-refractivity contribution >= 4 is 17.6 Å². The number of anilines is 1. The van der Waals surface area contributed by atoms with Crippen LogP contribution in [0.2, 0.25) is 0 Å². The molecular weight excluding hydrogens is 409 g/mol. The molecule has 0 atom stereocenters. The second kappa shape index (κ2) is 9.43. The number of benzene rings is 2. The number of nitriles is 1. The summed E-state index contributed by atoms with van der Waals surface area (Å²) in [6.45, 7) is 0. The van der Waals surface area contributed by atoms with E-state index in [0.717, 1.165) is 0 Å². The first-order chi connectivity index (χ1) is 15.5. The molecule has 1 heterocycles. The summed E-state index contributed by atoms with van der Waals surface area (Å²) < 4.78 is 15.3. The molecule has 3 aromatic rings. The number of carbonyl (C=O) groups is 2. The van der Waals surface area contributed by atoms with Crippen molar-refractivity contribution < 1.29 is 14.0 Å². The molecule has 0 unspecified atom stereocenters. The van der Waals surface area contributed by atoms with Crippen LogP contribution in [0.3, 0.4) is 0 Å². The highest BCUT2D eigenvalue weighted by Crippen LogP contribution is 2.26. The molecule has 8 heteroatoms. The van der Waals surface area contributed by atoms with Crippen LogP contribution in [0.25, 0.3) is 5.69 Å². The summed E-state index contributed by atoms with van der Waals surface area (Å²) >= 11 is 0. The molecule has 0 aliphatic heterocycles. The molecule has 1 aliphatic carbocycles. The summed E-state index contributed by atoms with van der Waals surface area (Å²) in [5, 5.41) is 19.2. The van der Waals surface area contributed by atoms with E-state index < -0.39 is 5.82 Å². The average molecular weight is 431 g/mol. The van der Waals surface area contributed by atoms with Gasteiger partial charge in [-0.25, -0.2) is 9.07 Å². The third-order valence-electron chi connectivity index (χ3n) is 5.66. The molecule has 2 aromatic carbocycles. The number of halogens is 1. The van der Waals surface area contributed by atoms with Gasteiger partial charge in [0.2, 0.25) is 5.91 Å². The fourth-order valence-corrected chi connectivity index (χ4v) is 3.93. The highest BCUT2D eigenvalue weighted by Gasteiger charge is 2.28. The third kappa shape index (κ3) is 4.67. The van der Waals surface area contributed by atoms with E-state index in [0.29, 0.717) is 48.3 Å². The molecule has 1 aromatic heterocycles. The Bertz CT molecular complexity index is 1170. The van der Waals surface area contributed by atoms with Crippen LogP contribution >= 0.6 is 0 Å². The lowest BCUT2D eigenvalue weighted by Crippen LogP contribution is -2.39. The largest absolute Gasteiger partial charge is 0.349 e. The minimum absolute atomic E-state index is 0.0430. The number of nitrogens with zero attached hydrogens (tertiary/aromatic N) is 3. The number of nitrogens with one attached hydrogen (secondary N) is 2. The molecule has 0 radical (unpaired) electrons. The van der Waals surface area contributed by atoms with Gasteiger partial charge in [0, 0.05) is 24.2 Å². The second-order valence-electron chi connectivity index (χ2n) is 7.77. The number of rotatable bonds is 5. The average Bonchev–Trinajstić information content (AvgIpc) is 3.27. The van der Waals surface area contributed by atoms with E-state index in [1.165, 1.54) is 10.7 Å². The highest BCUT2D eigenvalue weighted by atomic mass is 19.1. The first-order valence-corrected chi connectivity index (χ1v) is 10.5. The van der Waals surface area contributed by atoms with Crippen LogP contribution < -0.4 is 10.6 Å². The maximum absolute atomic E-state index is 13.9. The molecule has 1 fully saturated rings. The van der Waals surface area contributed by atoms with Gasteiger partial charge in [-0.1, -0.05) is 24.3 Å². The lowest BCUT2D eigenvalue weighted by atomic mass is 9.85. The summed E-state index contributed by atoms with van der Waals surface area (Å²) in [5.74, 6) is -0.627. The Morgan fingerprint density at radius 1 is 1.03 bits per heavy atom. The van der Waals surface area contributed by atoms with Gasteiger partial charge in [-0.3, -0.25) is 9.59 Å². The van der Waals surface area contributed by atoms with Gasteiger partial charge in [0.1, 0.15) is 11.5 Å². The van der Waals surface area contributed by atoms with Crippen molar-refractivity contribution in [2.75, 3.05) is 5.32 Å². The zero-order valence-electron chi connectivity index (χ0n) is 17.3. The number of hydrogen-bond donors (Lipinski definition) is 2. The Balaban J connectivity index is 1.30. The maximum Gasteiger partial charge on any atom is 0.252 e. The quantitative estimate of drug-likeness (QED) is 0.642. The Kier molecular flexibility index (Phi) is 6.26. The van der Waals surface area contributed by atoms with Crippen molar-refractivity contribution in [3.8, 4) is 11.8 Å². The molecule has 2 amide bonds. The van der Waals surface area contributed by atoms with Gasteiger partial charge in [-0.2, -0.15) is 5.26 Å². The van der Waals surface area contributed by atoms with Crippen LogP contribution in [0.5, 0.6) is 0 Å². The third-order valence-corrected chi connectivity index (χ3v) is 5.66. The normalized spacial score (nSPS) is 17.9. The Hall–Kier alpha value is -3.99. The van der Waals surface area contributed by atoms with Crippen LogP contribution in [0.4, 0.5) is 10.2 Å². The smallest absolute Gasteiger partial charge is 0.252 e. The predicted octanol–water partition coefficient (Wildman–Crippen LogP) is 3.81. The van der Waals surface area contributed by atoms with E-state index in [-0.39, 0.29) is 23.8 Å². The number of aromatic nitrogens is 2. The molecule has 0 spiro atoms. The molecule has 1 saturated carbocycles. The predicted molar refractivity (Wildman–Crippen MR) is 117 cm³/mol. The van der Waals surface area contributed by atoms with Crippen molar-refractivity contribution in [2.24, 2.45) is 5.92 Å². The van der Waals surface area contributed by atoms with E-state index >= 15 is 0 Å². The minimum atomic E-state index is -0.397. The highest BCUT2D eigenvalue weighted by molar-refractivity contribution is 5.96. The van der Waals surface area contributed by atoms with Gasteiger partial charge in [0.05, 0.1) is 17.2 Å². The maximum atomic E-state index is 13.9. The summed E-state index contributed by atoms with van der Waals surface area (Å²) in [4.78, 5) is 25.2. The molecule has 2 N–H and O–H groups in total. The van der Waals surface area contributed by atoms with Gasteiger partial charge in [0.25, 0.3) is 5.91 Å². The lowest BCUT2D eigenvalue weighted by molar-refractivity contribution is -0.120. The SMILES string of the molecule is N#Cc1ccccc1C(=O)N[C@H]1CC[C@@H](C(=O)Nc2ccn(-c3ccccc3F)n2)CC1. The van der Waals surface area contributed by atoms with Gasteiger partial charge < -0.3 is 10.6 Å². The molecule has 162 valence electrons. The lowest BCUT2D eigenvalue weighted by Gasteiger charge is -2.28. The van der Waals surface area contributed by atoms with Gasteiger partial charge in [-0.15, -0.1) is 5.10 Å². The van der Waals surface area contributed by atoms with Crippen molar-refractivity contribution in [3.63, 3.8) is 0 Å². The summed E-state index contributed by atoms with van der Waals surface area (Å²) in [7, 11) is 0. The molecule has 4 rings (SSSR count). The van der Waals surface area contributed by atoms with Gasteiger partial charge in [-0.05, 0) is 49.9 Å². The molecule has 7 nitrogen and oxygen atoms in total. The first kappa shape index (κ1) is 21.2. The van der Waals surface area contributed by atoms with Crippen LogP contribution in [-0.2, 0) is 4.79 Å². The summed E-state index contributed by atoms with van der Waals surface area (Å²) in [6, 6.07) is 16.6. The fourth-order valence-electron chi connectivity index (χ4n) is 3.93. The number of hydrogen-bond acceptors (Lipinski definition) is 4. The second-order valence-corrected chi connectivity index (χ2v) is 7.77. The van der Waals surface area contributed by atoms with Crippen LogP contribution in [-0.4, -0.2) is 27.6 Å². The zero-order valence-corrected chi connectivity index (χ0v) is 17.3. The monoisotopic (exact) mass is 431 g/mol. The minimum Gasteiger partial charge on any atom is -0.349 e. The van der Waals surface area contributed by atoms with Crippen molar-refractivity contribution in [1.82, 2.24) is 15.1 Å². The van der Waals surface area contributed by atoms with Crippen LogP contribution in [0, 0.1) is 23.1 Å². The number of amides is 2. The number of para-hydroxylation sites is 1. The molecule has 0 bridgehead atoms. The Morgan fingerprint density at radius 2 is 1.75 bits per heavy atom. The van der Waals surface area contributed by atoms with Gasteiger partial charge >= 0.3 is 0 Å². The van der Waals surface area contributed by atoms with Crippen molar-refractivity contribution in [2.45, 2.75) is 31.7 Å². The first-order valence-electron chi connectivity index (χ1n) is 10.5. The zero-order chi connectivity index (χ0) is 22.5. The van der Waals surface area contributed by atoms with Crippen molar-refractivity contribution in [1.29, 1.82) is 5.26 Å².